The minimum Gasteiger partial charge on any atom is -0.272 e. The van der Waals surface area contributed by atoms with E-state index in [1.807, 2.05) is 6.92 Å². The summed E-state index contributed by atoms with van der Waals surface area (Å²) in [5, 5.41) is 25.6. The molecule has 0 aliphatic rings. The monoisotopic (exact) mass is 306 g/mol. The molecule has 0 spiro atoms. The molecule has 0 saturated carbocycles. The van der Waals surface area contributed by atoms with E-state index in [9.17, 15) is 20.2 Å². The Morgan fingerprint density at radius 2 is 2.00 bits per heavy atom. The molecule has 0 amide bonds. The Kier molecular flexibility index (Phi) is 6.68. The van der Waals surface area contributed by atoms with Gasteiger partial charge in [0, 0.05) is 6.07 Å². The second-order valence-corrected chi connectivity index (χ2v) is 4.51. The highest BCUT2D eigenvalue weighted by atomic mass is 16.6. The smallest absolute Gasteiger partial charge is 0.272 e. The highest BCUT2D eigenvalue weighted by Crippen LogP contribution is 2.28. The molecule has 0 unspecified atom stereocenters. The van der Waals surface area contributed by atoms with Gasteiger partial charge >= 0.3 is 5.69 Å². The molecular weight excluding hydrogens is 288 g/mol. The number of non-ortho nitro benzene ring substituents is 1. The largest absolute Gasteiger partial charge is 0.301 e. The fourth-order valence-electron chi connectivity index (χ4n) is 1.68. The Hall–Kier alpha value is -2.77. The first-order valence-corrected chi connectivity index (χ1v) is 6.90. The number of nitrogens with one attached hydrogen (secondary N) is 1. The Morgan fingerprint density at radius 1 is 1.27 bits per heavy atom. The molecule has 118 valence electrons. The molecule has 22 heavy (non-hydrogen) atoms. The molecular formula is C14H18N4O4. The highest BCUT2D eigenvalue weighted by molar-refractivity contribution is 5.79. The van der Waals surface area contributed by atoms with Gasteiger partial charge in [0.2, 0.25) is 0 Å². The Bertz CT molecular complexity index is 611. The zero-order valence-electron chi connectivity index (χ0n) is 12.5. The van der Waals surface area contributed by atoms with Gasteiger partial charge < -0.3 is 0 Å². The number of hydrogen-bond donors (Lipinski definition) is 1. The lowest BCUT2D eigenvalue weighted by molar-refractivity contribution is -0.393. The van der Waals surface area contributed by atoms with Crippen molar-refractivity contribution in [2.75, 3.05) is 5.43 Å². The molecule has 0 atom stereocenters. The van der Waals surface area contributed by atoms with E-state index in [1.54, 1.807) is 6.21 Å². The van der Waals surface area contributed by atoms with Gasteiger partial charge in [0.15, 0.2) is 0 Å². The van der Waals surface area contributed by atoms with Gasteiger partial charge in [-0.25, -0.2) is 0 Å². The van der Waals surface area contributed by atoms with Gasteiger partial charge in [-0.15, -0.1) is 0 Å². The Labute approximate surface area is 127 Å². The maximum atomic E-state index is 11.0. The zero-order valence-corrected chi connectivity index (χ0v) is 12.5. The van der Waals surface area contributed by atoms with Crippen LogP contribution in [0, 0.1) is 20.2 Å². The SMILES string of the molecule is CCC/C=C(\C=N/Nc1ccc([N+](=O)[O-])cc1[N+](=O)[O-])CC. The molecule has 1 aromatic carbocycles. The predicted molar refractivity (Wildman–Crippen MR) is 85.1 cm³/mol. The third kappa shape index (κ3) is 4.97. The third-order valence-electron chi connectivity index (χ3n) is 2.91. The first-order valence-electron chi connectivity index (χ1n) is 6.90. The summed E-state index contributed by atoms with van der Waals surface area (Å²) in [5.41, 5.74) is 2.97. The summed E-state index contributed by atoms with van der Waals surface area (Å²) in [6.07, 6.45) is 6.41. The van der Waals surface area contributed by atoms with Crippen LogP contribution in [0.5, 0.6) is 0 Å². The van der Waals surface area contributed by atoms with Crippen molar-refractivity contribution in [1.29, 1.82) is 0 Å². The topological polar surface area (TPSA) is 111 Å². The van der Waals surface area contributed by atoms with E-state index in [-0.39, 0.29) is 17.1 Å². The van der Waals surface area contributed by atoms with Crippen molar-refractivity contribution in [3.63, 3.8) is 0 Å². The average Bonchev–Trinajstić information content (AvgIpc) is 2.50. The minimum atomic E-state index is -0.682. The van der Waals surface area contributed by atoms with Gasteiger partial charge in [-0.3, -0.25) is 25.7 Å². The number of benzene rings is 1. The first-order chi connectivity index (χ1) is 10.5. The maximum absolute atomic E-state index is 11.0. The number of unbranched alkanes of at least 4 members (excludes halogenated alkanes) is 1. The maximum Gasteiger partial charge on any atom is 0.301 e. The molecule has 1 N–H and O–H groups in total. The Balaban J connectivity index is 2.93. The molecule has 0 radical (unpaired) electrons. The number of rotatable bonds is 8. The molecule has 0 bridgehead atoms. The van der Waals surface area contributed by atoms with Gasteiger partial charge in [-0.2, -0.15) is 5.10 Å². The lowest BCUT2D eigenvalue weighted by atomic mass is 10.2. The van der Waals surface area contributed by atoms with Crippen molar-refractivity contribution in [3.05, 3.63) is 50.1 Å². The molecule has 1 aromatic rings. The second-order valence-electron chi connectivity index (χ2n) is 4.51. The lowest BCUT2D eigenvalue weighted by Crippen LogP contribution is -1.99. The molecule has 8 nitrogen and oxygen atoms in total. The molecule has 0 aliphatic heterocycles. The van der Waals surface area contributed by atoms with Gasteiger partial charge in [0.1, 0.15) is 5.69 Å². The first kappa shape index (κ1) is 17.3. The fourth-order valence-corrected chi connectivity index (χ4v) is 1.68. The molecule has 0 aliphatic carbocycles. The number of allylic oxidation sites excluding steroid dienone is 2. The van der Waals surface area contributed by atoms with Crippen molar-refractivity contribution in [2.24, 2.45) is 5.10 Å². The van der Waals surface area contributed by atoms with E-state index in [1.165, 1.54) is 12.1 Å². The van der Waals surface area contributed by atoms with Crippen molar-refractivity contribution < 1.29 is 9.85 Å². The van der Waals surface area contributed by atoms with Crippen LogP contribution in [0.25, 0.3) is 0 Å². The van der Waals surface area contributed by atoms with E-state index < -0.39 is 9.85 Å². The molecule has 8 heteroatoms. The van der Waals surface area contributed by atoms with Crippen molar-refractivity contribution in [2.45, 2.75) is 33.1 Å². The molecule has 0 fully saturated rings. The van der Waals surface area contributed by atoms with Crippen molar-refractivity contribution >= 4 is 23.3 Å². The third-order valence-corrected chi connectivity index (χ3v) is 2.91. The van der Waals surface area contributed by atoms with Crippen molar-refractivity contribution in [1.82, 2.24) is 0 Å². The van der Waals surface area contributed by atoms with E-state index >= 15 is 0 Å². The minimum absolute atomic E-state index is 0.109. The zero-order chi connectivity index (χ0) is 16.5. The quantitative estimate of drug-likeness (QED) is 0.442. The molecule has 0 aromatic heterocycles. The van der Waals surface area contributed by atoms with Gasteiger partial charge in [-0.1, -0.05) is 26.3 Å². The summed E-state index contributed by atoms with van der Waals surface area (Å²) in [5.74, 6) is 0. The van der Waals surface area contributed by atoms with E-state index in [0.717, 1.165) is 30.9 Å². The van der Waals surface area contributed by atoms with Gasteiger partial charge in [0.05, 0.1) is 22.1 Å². The van der Waals surface area contributed by atoms with Gasteiger partial charge in [-0.05, 0) is 24.5 Å². The molecule has 0 saturated heterocycles. The summed E-state index contributed by atoms with van der Waals surface area (Å²) < 4.78 is 0. The predicted octanol–water partition coefficient (Wildman–Crippen LogP) is 4.04. The summed E-state index contributed by atoms with van der Waals surface area (Å²) in [4.78, 5) is 20.3. The standard InChI is InChI=1S/C14H18N4O4/c1-3-5-6-11(4-2)10-15-16-13-8-7-12(17(19)20)9-14(13)18(21)22/h6-10,16H,3-5H2,1-2H3/b11-6-,15-10-. The number of anilines is 1. The van der Waals surface area contributed by atoms with E-state index in [2.05, 4.69) is 23.5 Å². The summed E-state index contributed by atoms with van der Waals surface area (Å²) >= 11 is 0. The summed E-state index contributed by atoms with van der Waals surface area (Å²) in [6, 6.07) is 3.37. The molecule has 0 heterocycles. The normalized spacial score (nSPS) is 11.6. The van der Waals surface area contributed by atoms with Crippen LogP contribution in [0.2, 0.25) is 0 Å². The van der Waals surface area contributed by atoms with Gasteiger partial charge in [0.25, 0.3) is 5.69 Å². The van der Waals surface area contributed by atoms with Crippen LogP contribution in [0.15, 0.2) is 34.9 Å². The Morgan fingerprint density at radius 3 is 2.55 bits per heavy atom. The van der Waals surface area contributed by atoms with E-state index in [0.29, 0.717) is 0 Å². The second kappa shape index (κ2) is 8.50. The van der Waals surface area contributed by atoms with Crippen LogP contribution in [-0.4, -0.2) is 16.1 Å². The summed E-state index contributed by atoms with van der Waals surface area (Å²) in [6.45, 7) is 4.06. The van der Waals surface area contributed by atoms with Crippen LogP contribution in [0.3, 0.4) is 0 Å². The van der Waals surface area contributed by atoms with Crippen LogP contribution in [-0.2, 0) is 0 Å². The number of hydrazone groups is 1. The van der Waals surface area contributed by atoms with Crippen LogP contribution >= 0.6 is 0 Å². The van der Waals surface area contributed by atoms with Crippen LogP contribution < -0.4 is 5.43 Å². The number of nitro groups is 2. The average molecular weight is 306 g/mol. The summed E-state index contributed by atoms with van der Waals surface area (Å²) in [7, 11) is 0. The number of nitro benzene ring substituents is 2. The highest BCUT2D eigenvalue weighted by Gasteiger charge is 2.18. The van der Waals surface area contributed by atoms with E-state index in [4.69, 9.17) is 0 Å². The number of nitrogens with zero attached hydrogens (tertiary/aromatic N) is 3. The van der Waals surface area contributed by atoms with Crippen LogP contribution in [0.1, 0.15) is 33.1 Å². The fraction of sp³-hybridized carbons (Fsp3) is 0.357. The van der Waals surface area contributed by atoms with Crippen molar-refractivity contribution in [3.8, 4) is 0 Å². The molecule has 1 rings (SSSR count). The number of hydrogen-bond acceptors (Lipinski definition) is 6. The lowest BCUT2D eigenvalue weighted by Gasteiger charge is -2.02. The van der Waals surface area contributed by atoms with Crippen LogP contribution in [0.4, 0.5) is 17.1 Å².